The van der Waals surface area contributed by atoms with Gasteiger partial charge in [0.05, 0.1) is 18.8 Å². The minimum absolute atomic E-state index is 0.0920. The van der Waals surface area contributed by atoms with Gasteiger partial charge in [0.2, 0.25) is 0 Å². The van der Waals surface area contributed by atoms with Gasteiger partial charge in [0, 0.05) is 18.0 Å². The van der Waals surface area contributed by atoms with E-state index >= 15 is 0 Å². The number of ether oxygens (including phenoxy) is 1. The second kappa shape index (κ2) is 5.47. The van der Waals surface area contributed by atoms with Crippen LogP contribution in [0.25, 0.3) is 0 Å². The van der Waals surface area contributed by atoms with Gasteiger partial charge in [-0.3, -0.25) is 4.90 Å². The molecular formula is C15H21NOS. The molecule has 2 rings (SSSR count). The molecule has 1 heterocycles. The van der Waals surface area contributed by atoms with Crippen LogP contribution < -0.4 is 0 Å². The summed E-state index contributed by atoms with van der Waals surface area (Å²) >= 11 is 5.74. The summed E-state index contributed by atoms with van der Waals surface area (Å²) < 4.78 is 5.42. The van der Waals surface area contributed by atoms with Gasteiger partial charge in [-0.25, -0.2) is 0 Å². The third kappa shape index (κ3) is 2.63. The van der Waals surface area contributed by atoms with Crippen LogP contribution in [-0.2, 0) is 4.74 Å². The van der Waals surface area contributed by atoms with Gasteiger partial charge < -0.3 is 4.74 Å². The van der Waals surface area contributed by atoms with E-state index in [2.05, 4.69) is 49.9 Å². The molecule has 1 saturated heterocycles. The van der Waals surface area contributed by atoms with Gasteiger partial charge in [-0.05, 0) is 31.9 Å². The van der Waals surface area contributed by atoms with Crippen molar-refractivity contribution in [3.8, 4) is 0 Å². The standard InChI is InChI=1S/C15H21NOS/c1-12-6-4-5-7-13(12)14(18)15(2,3)16-8-10-17-11-9-16/h4-7H,8-11H2,1-3H3. The summed E-state index contributed by atoms with van der Waals surface area (Å²) in [6.07, 6.45) is 0. The van der Waals surface area contributed by atoms with Crippen LogP contribution >= 0.6 is 12.2 Å². The quantitative estimate of drug-likeness (QED) is 0.614. The molecule has 0 unspecified atom stereocenters. The van der Waals surface area contributed by atoms with Crippen molar-refractivity contribution in [3.63, 3.8) is 0 Å². The van der Waals surface area contributed by atoms with Gasteiger partial charge in [0.1, 0.15) is 0 Å². The molecule has 98 valence electrons. The number of morpholine rings is 1. The molecule has 1 aromatic rings. The Kier molecular flexibility index (Phi) is 4.15. The predicted octanol–water partition coefficient (Wildman–Crippen LogP) is 2.82. The number of hydrogen-bond acceptors (Lipinski definition) is 3. The summed E-state index contributed by atoms with van der Waals surface area (Å²) in [4.78, 5) is 3.45. The van der Waals surface area contributed by atoms with E-state index in [-0.39, 0.29) is 5.54 Å². The van der Waals surface area contributed by atoms with E-state index in [0.29, 0.717) is 0 Å². The molecule has 0 amide bonds. The Balaban J connectivity index is 2.24. The summed E-state index contributed by atoms with van der Waals surface area (Å²) in [6.45, 7) is 10.1. The maximum Gasteiger partial charge on any atom is 0.0594 e. The molecule has 18 heavy (non-hydrogen) atoms. The summed E-state index contributed by atoms with van der Waals surface area (Å²) in [5, 5.41) is 0. The van der Waals surface area contributed by atoms with E-state index < -0.39 is 0 Å². The van der Waals surface area contributed by atoms with Gasteiger partial charge in [-0.15, -0.1) is 0 Å². The van der Waals surface area contributed by atoms with Crippen molar-refractivity contribution < 1.29 is 4.74 Å². The molecule has 1 aliphatic rings. The Hall–Kier alpha value is -0.770. The Morgan fingerprint density at radius 1 is 1.22 bits per heavy atom. The van der Waals surface area contributed by atoms with Crippen LogP contribution in [0.5, 0.6) is 0 Å². The summed E-state index contributed by atoms with van der Waals surface area (Å²) in [6, 6.07) is 8.37. The van der Waals surface area contributed by atoms with Gasteiger partial charge in [-0.2, -0.15) is 0 Å². The number of benzene rings is 1. The normalized spacial score (nSPS) is 17.7. The maximum absolute atomic E-state index is 5.74. The minimum atomic E-state index is -0.0920. The van der Waals surface area contributed by atoms with E-state index in [4.69, 9.17) is 17.0 Å². The number of nitrogens with zero attached hydrogens (tertiary/aromatic N) is 1. The number of aryl methyl sites for hydroxylation is 1. The first-order chi connectivity index (χ1) is 8.53. The van der Waals surface area contributed by atoms with Crippen LogP contribution in [0, 0.1) is 6.92 Å². The molecule has 2 nitrogen and oxygen atoms in total. The van der Waals surface area contributed by atoms with Crippen LogP contribution in [0.3, 0.4) is 0 Å². The number of thiocarbonyl (C=S) groups is 1. The van der Waals surface area contributed by atoms with Crippen LogP contribution in [0.4, 0.5) is 0 Å². The van der Waals surface area contributed by atoms with E-state index in [1.54, 1.807) is 0 Å². The molecule has 1 aliphatic heterocycles. The van der Waals surface area contributed by atoms with Gasteiger partial charge in [0.15, 0.2) is 0 Å². The van der Waals surface area contributed by atoms with Crippen LogP contribution in [-0.4, -0.2) is 41.6 Å². The lowest BCUT2D eigenvalue weighted by Crippen LogP contribution is -2.54. The third-order valence-electron chi connectivity index (χ3n) is 3.75. The van der Waals surface area contributed by atoms with Gasteiger partial charge in [-0.1, -0.05) is 36.5 Å². The van der Waals surface area contributed by atoms with Crippen molar-refractivity contribution in [2.45, 2.75) is 26.3 Å². The van der Waals surface area contributed by atoms with Crippen molar-refractivity contribution in [2.24, 2.45) is 0 Å². The number of rotatable bonds is 3. The molecular weight excluding hydrogens is 242 g/mol. The molecule has 1 fully saturated rings. The Bertz CT molecular complexity index is 436. The van der Waals surface area contributed by atoms with Crippen LogP contribution in [0.1, 0.15) is 25.0 Å². The third-order valence-corrected chi connectivity index (χ3v) is 4.47. The van der Waals surface area contributed by atoms with Crippen molar-refractivity contribution in [1.29, 1.82) is 0 Å². The lowest BCUT2D eigenvalue weighted by molar-refractivity contribution is 0.0108. The summed E-state index contributed by atoms with van der Waals surface area (Å²) in [7, 11) is 0. The van der Waals surface area contributed by atoms with Gasteiger partial charge in [0.25, 0.3) is 0 Å². The topological polar surface area (TPSA) is 12.5 Å². The molecule has 0 N–H and O–H groups in total. The zero-order chi connectivity index (χ0) is 13.2. The Labute approximate surface area is 115 Å². The molecule has 0 atom stereocenters. The highest BCUT2D eigenvalue weighted by Crippen LogP contribution is 2.24. The number of hydrogen-bond donors (Lipinski definition) is 0. The smallest absolute Gasteiger partial charge is 0.0594 e. The fourth-order valence-electron chi connectivity index (χ4n) is 2.42. The Morgan fingerprint density at radius 2 is 1.83 bits per heavy atom. The van der Waals surface area contributed by atoms with E-state index in [1.165, 1.54) is 11.1 Å². The highest BCUT2D eigenvalue weighted by molar-refractivity contribution is 7.81. The van der Waals surface area contributed by atoms with Gasteiger partial charge >= 0.3 is 0 Å². The predicted molar refractivity (Wildman–Crippen MR) is 79.4 cm³/mol. The van der Waals surface area contributed by atoms with Crippen molar-refractivity contribution in [3.05, 3.63) is 35.4 Å². The fraction of sp³-hybridized carbons (Fsp3) is 0.533. The second-order valence-corrected chi connectivity index (χ2v) is 5.71. The van der Waals surface area contributed by atoms with E-state index in [1.807, 2.05) is 0 Å². The lowest BCUT2D eigenvalue weighted by Gasteiger charge is -2.41. The molecule has 0 aliphatic carbocycles. The molecule has 1 aromatic carbocycles. The molecule has 0 radical (unpaired) electrons. The SMILES string of the molecule is Cc1ccccc1C(=S)C(C)(C)N1CCOCC1. The lowest BCUT2D eigenvalue weighted by atomic mass is 9.90. The molecule has 0 bridgehead atoms. The zero-order valence-corrected chi connectivity index (χ0v) is 12.2. The first kappa shape index (κ1) is 13.7. The molecule has 0 spiro atoms. The molecule has 3 heteroatoms. The fourth-order valence-corrected chi connectivity index (χ4v) is 2.78. The van der Waals surface area contributed by atoms with Crippen molar-refractivity contribution >= 4 is 17.1 Å². The second-order valence-electron chi connectivity index (χ2n) is 5.30. The van der Waals surface area contributed by atoms with E-state index in [0.717, 1.165) is 31.2 Å². The summed E-state index contributed by atoms with van der Waals surface area (Å²) in [5.74, 6) is 0. The molecule has 0 aromatic heterocycles. The van der Waals surface area contributed by atoms with E-state index in [9.17, 15) is 0 Å². The minimum Gasteiger partial charge on any atom is -0.379 e. The largest absolute Gasteiger partial charge is 0.379 e. The zero-order valence-electron chi connectivity index (χ0n) is 11.4. The monoisotopic (exact) mass is 263 g/mol. The first-order valence-corrected chi connectivity index (χ1v) is 6.87. The van der Waals surface area contributed by atoms with Crippen molar-refractivity contribution in [1.82, 2.24) is 4.90 Å². The molecule has 0 saturated carbocycles. The highest BCUT2D eigenvalue weighted by atomic mass is 32.1. The average Bonchev–Trinajstić information content (AvgIpc) is 2.39. The van der Waals surface area contributed by atoms with Crippen LogP contribution in [0.15, 0.2) is 24.3 Å². The maximum atomic E-state index is 5.74. The summed E-state index contributed by atoms with van der Waals surface area (Å²) in [5.41, 5.74) is 2.36. The van der Waals surface area contributed by atoms with Crippen LogP contribution in [0.2, 0.25) is 0 Å². The Morgan fingerprint density at radius 3 is 2.44 bits per heavy atom. The first-order valence-electron chi connectivity index (χ1n) is 6.46. The average molecular weight is 263 g/mol. The van der Waals surface area contributed by atoms with Crippen molar-refractivity contribution in [2.75, 3.05) is 26.3 Å². The highest BCUT2D eigenvalue weighted by Gasteiger charge is 2.33.